The second kappa shape index (κ2) is 4.76. The number of nitrogens with zero attached hydrogens (tertiary/aromatic N) is 1. The summed E-state index contributed by atoms with van der Waals surface area (Å²) in [6.07, 6.45) is 5.70. The molecule has 0 bridgehead atoms. The summed E-state index contributed by atoms with van der Waals surface area (Å²) in [5.41, 5.74) is 2.36. The molecule has 4 rings (SSSR count). The van der Waals surface area contributed by atoms with E-state index in [2.05, 4.69) is 54.6 Å². The molecule has 0 unspecified atom stereocenters. The molecule has 0 saturated carbocycles. The van der Waals surface area contributed by atoms with Crippen molar-refractivity contribution in [1.29, 1.82) is 0 Å². The van der Waals surface area contributed by atoms with Crippen LogP contribution in [0.1, 0.15) is 5.56 Å². The minimum Gasteiger partial charge on any atom is -0.289 e. The Hall–Kier alpha value is -2.58. The first kappa shape index (κ1) is 12.2. The molecule has 0 fully saturated rings. The van der Waals surface area contributed by atoms with E-state index in [0.29, 0.717) is 6.54 Å². The van der Waals surface area contributed by atoms with Crippen LogP contribution in [0.2, 0.25) is 0 Å². The van der Waals surface area contributed by atoms with E-state index in [4.69, 9.17) is 0 Å². The van der Waals surface area contributed by atoms with E-state index in [-0.39, 0.29) is 0 Å². The number of allylic oxidation sites excluding steroid dienone is 2. The summed E-state index contributed by atoms with van der Waals surface area (Å²) in [7, 11) is 0. The molecule has 102 valence electrons. The van der Waals surface area contributed by atoms with E-state index in [9.17, 15) is 5.21 Å². The summed E-state index contributed by atoms with van der Waals surface area (Å²) in [5.74, 6) is 0. The zero-order valence-corrected chi connectivity index (χ0v) is 11.5. The minimum absolute atomic E-state index is 0.524. The van der Waals surface area contributed by atoms with Crippen molar-refractivity contribution in [1.82, 2.24) is 5.06 Å². The molecule has 0 atom stereocenters. The van der Waals surface area contributed by atoms with E-state index in [1.54, 1.807) is 6.20 Å². The summed E-state index contributed by atoms with van der Waals surface area (Å²) in [4.78, 5) is 0. The maximum absolute atomic E-state index is 9.43. The van der Waals surface area contributed by atoms with E-state index < -0.39 is 0 Å². The van der Waals surface area contributed by atoms with Crippen LogP contribution >= 0.6 is 0 Å². The van der Waals surface area contributed by atoms with Crippen molar-refractivity contribution in [3.05, 3.63) is 78.5 Å². The molecule has 0 saturated heterocycles. The fraction of sp³-hybridized carbons (Fsp3) is 0.0526. The Bertz CT molecular complexity index is 892. The molecule has 1 aliphatic heterocycles. The molecule has 0 spiro atoms. The maximum Gasteiger partial charge on any atom is 0.0636 e. The summed E-state index contributed by atoms with van der Waals surface area (Å²) >= 11 is 0. The van der Waals surface area contributed by atoms with Crippen LogP contribution in [0.15, 0.2) is 72.9 Å². The Balaban J connectivity index is 1.97. The van der Waals surface area contributed by atoms with Crippen LogP contribution in [0.4, 0.5) is 0 Å². The van der Waals surface area contributed by atoms with Crippen LogP contribution in [0.25, 0.3) is 27.1 Å². The molecule has 0 amide bonds. The van der Waals surface area contributed by atoms with Gasteiger partial charge >= 0.3 is 0 Å². The van der Waals surface area contributed by atoms with Crippen LogP contribution in [0.3, 0.4) is 0 Å². The van der Waals surface area contributed by atoms with Gasteiger partial charge in [0.25, 0.3) is 0 Å². The number of hydrogen-bond acceptors (Lipinski definition) is 2. The molecular weight excluding hydrogens is 258 g/mol. The number of rotatable bonds is 1. The second-order valence-electron chi connectivity index (χ2n) is 5.32. The topological polar surface area (TPSA) is 23.5 Å². The third-order valence-electron chi connectivity index (χ3n) is 3.98. The van der Waals surface area contributed by atoms with Gasteiger partial charge in [-0.2, -0.15) is 0 Å². The molecular formula is C19H15NO. The van der Waals surface area contributed by atoms with Gasteiger partial charge in [-0.1, -0.05) is 48.5 Å². The molecule has 2 nitrogen and oxygen atoms in total. The summed E-state index contributed by atoms with van der Waals surface area (Å²) in [6, 6.07) is 19.3. The number of hydrogen-bond donors (Lipinski definition) is 1. The van der Waals surface area contributed by atoms with Gasteiger partial charge in [-0.15, -0.1) is 0 Å². The maximum atomic E-state index is 9.43. The van der Waals surface area contributed by atoms with Crippen molar-refractivity contribution >= 4 is 27.1 Å². The van der Waals surface area contributed by atoms with Gasteiger partial charge < -0.3 is 0 Å². The molecule has 0 aliphatic carbocycles. The van der Waals surface area contributed by atoms with E-state index in [0.717, 1.165) is 5.57 Å². The molecule has 3 aromatic rings. The van der Waals surface area contributed by atoms with E-state index in [1.165, 1.54) is 32.2 Å². The van der Waals surface area contributed by atoms with Gasteiger partial charge in [0, 0.05) is 6.20 Å². The predicted molar refractivity (Wildman–Crippen MR) is 87.1 cm³/mol. The Morgan fingerprint density at radius 3 is 2.38 bits per heavy atom. The SMILES string of the molecule is ON1C=CC(c2cccc3cc4ccccc4cc23)=CC1. The highest BCUT2D eigenvalue weighted by Crippen LogP contribution is 2.30. The van der Waals surface area contributed by atoms with Gasteiger partial charge in [-0.3, -0.25) is 10.3 Å². The highest BCUT2D eigenvalue weighted by Gasteiger charge is 2.08. The molecule has 2 heteroatoms. The van der Waals surface area contributed by atoms with Crippen LogP contribution < -0.4 is 0 Å². The fourth-order valence-corrected chi connectivity index (χ4v) is 2.91. The Kier molecular flexibility index (Phi) is 2.76. The van der Waals surface area contributed by atoms with Crippen molar-refractivity contribution in [2.75, 3.05) is 6.54 Å². The Morgan fingerprint density at radius 2 is 1.62 bits per heavy atom. The van der Waals surface area contributed by atoms with Gasteiger partial charge in [0.1, 0.15) is 0 Å². The third-order valence-corrected chi connectivity index (χ3v) is 3.98. The predicted octanol–water partition coefficient (Wildman–Crippen LogP) is 4.59. The van der Waals surface area contributed by atoms with Crippen molar-refractivity contribution in [3.8, 4) is 0 Å². The third kappa shape index (κ3) is 2.10. The van der Waals surface area contributed by atoms with Crippen molar-refractivity contribution in [3.63, 3.8) is 0 Å². The normalized spacial score (nSPS) is 14.7. The highest BCUT2D eigenvalue weighted by molar-refractivity contribution is 6.04. The van der Waals surface area contributed by atoms with Gasteiger partial charge in [-0.25, -0.2) is 0 Å². The lowest BCUT2D eigenvalue weighted by Crippen LogP contribution is -2.14. The molecule has 3 aromatic carbocycles. The average Bonchev–Trinajstić information content (AvgIpc) is 2.53. The Morgan fingerprint density at radius 1 is 0.857 bits per heavy atom. The van der Waals surface area contributed by atoms with Crippen molar-refractivity contribution in [2.24, 2.45) is 0 Å². The van der Waals surface area contributed by atoms with Crippen LogP contribution in [-0.4, -0.2) is 16.8 Å². The van der Waals surface area contributed by atoms with Crippen molar-refractivity contribution in [2.45, 2.75) is 0 Å². The fourth-order valence-electron chi connectivity index (χ4n) is 2.91. The second-order valence-corrected chi connectivity index (χ2v) is 5.32. The molecule has 1 aliphatic rings. The zero-order chi connectivity index (χ0) is 14.2. The molecule has 1 N–H and O–H groups in total. The highest BCUT2D eigenvalue weighted by atomic mass is 16.5. The summed E-state index contributed by atoms with van der Waals surface area (Å²) < 4.78 is 0. The zero-order valence-electron chi connectivity index (χ0n) is 11.5. The lowest BCUT2D eigenvalue weighted by Gasteiger charge is -2.17. The monoisotopic (exact) mass is 273 g/mol. The first-order valence-corrected chi connectivity index (χ1v) is 7.07. The van der Waals surface area contributed by atoms with Crippen LogP contribution in [-0.2, 0) is 0 Å². The lowest BCUT2D eigenvalue weighted by atomic mass is 9.95. The van der Waals surface area contributed by atoms with Crippen LogP contribution in [0, 0.1) is 0 Å². The first-order valence-electron chi connectivity index (χ1n) is 7.07. The van der Waals surface area contributed by atoms with E-state index in [1.807, 2.05) is 12.2 Å². The molecule has 0 aromatic heterocycles. The molecule has 21 heavy (non-hydrogen) atoms. The number of hydroxylamine groups is 2. The smallest absolute Gasteiger partial charge is 0.0636 e. The lowest BCUT2D eigenvalue weighted by molar-refractivity contribution is -0.0299. The largest absolute Gasteiger partial charge is 0.289 e. The van der Waals surface area contributed by atoms with E-state index >= 15 is 0 Å². The quantitative estimate of drug-likeness (QED) is 0.655. The van der Waals surface area contributed by atoms with Crippen LogP contribution in [0.5, 0.6) is 0 Å². The molecule has 1 heterocycles. The standard InChI is InChI=1S/C19H15NO/c21-20-10-8-14(9-11-20)18-7-3-6-17-12-15-4-1-2-5-16(15)13-19(17)18/h1-10,12-13,21H,11H2. The van der Waals surface area contributed by atoms with Gasteiger partial charge in [0.05, 0.1) is 6.54 Å². The summed E-state index contributed by atoms with van der Waals surface area (Å²) in [5, 5.41) is 15.6. The Labute approximate surface area is 123 Å². The first-order chi connectivity index (χ1) is 10.3. The van der Waals surface area contributed by atoms with Gasteiger partial charge in [-0.05, 0) is 50.9 Å². The summed E-state index contributed by atoms with van der Waals surface area (Å²) in [6.45, 7) is 0.524. The average molecular weight is 273 g/mol. The molecule has 0 radical (unpaired) electrons. The van der Waals surface area contributed by atoms with Crippen molar-refractivity contribution < 1.29 is 5.21 Å². The minimum atomic E-state index is 0.524. The van der Waals surface area contributed by atoms with Gasteiger partial charge in [0.2, 0.25) is 0 Å². The number of fused-ring (bicyclic) bond motifs is 2. The van der Waals surface area contributed by atoms with Gasteiger partial charge in [0.15, 0.2) is 0 Å². The number of benzene rings is 3.